The van der Waals surface area contributed by atoms with Crippen molar-refractivity contribution in [1.82, 2.24) is 5.16 Å². The Bertz CT molecular complexity index is 809. The molecule has 1 aromatic heterocycles. The number of rotatable bonds is 5. The van der Waals surface area contributed by atoms with Gasteiger partial charge in [0.2, 0.25) is 0 Å². The molecule has 0 atom stereocenters. The molecule has 124 valence electrons. The fourth-order valence-corrected chi connectivity index (χ4v) is 2.93. The van der Waals surface area contributed by atoms with Crippen LogP contribution < -0.4 is 5.32 Å². The van der Waals surface area contributed by atoms with Crippen LogP contribution in [0.3, 0.4) is 0 Å². The van der Waals surface area contributed by atoms with Crippen molar-refractivity contribution in [1.29, 1.82) is 5.26 Å². The van der Waals surface area contributed by atoms with E-state index in [1.54, 1.807) is 32.0 Å². The van der Waals surface area contributed by atoms with Crippen LogP contribution in [-0.4, -0.2) is 23.6 Å². The lowest BCUT2D eigenvalue weighted by atomic mass is 10.2. The molecule has 0 radical (unpaired) electrons. The van der Waals surface area contributed by atoms with E-state index in [0.717, 1.165) is 16.7 Å². The Labute approximate surface area is 150 Å². The summed E-state index contributed by atoms with van der Waals surface area (Å²) in [6, 6.07) is 5.06. The summed E-state index contributed by atoms with van der Waals surface area (Å²) in [6.45, 7) is 2.77. The Balaban J connectivity index is 1.94. The number of carbonyl (C=O) groups is 2. The molecule has 0 fully saturated rings. The number of thioether (sulfide) groups is 1. The van der Waals surface area contributed by atoms with E-state index in [1.807, 2.05) is 5.40 Å². The second-order valence-electron chi connectivity index (χ2n) is 4.66. The van der Waals surface area contributed by atoms with Gasteiger partial charge in [0.15, 0.2) is 6.61 Å². The summed E-state index contributed by atoms with van der Waals surface area (Å²) in [5, 5.41) is 16.9. The van der Waals surface area contributed by atoms with E-state index in [-0.39, 0.29) is 5.56 Å². The quantitative estimate of drug-likeness (QED) is 0.457. The average Bonchev–Trinajstić information content (AvgIpc) is 2.87. The number of benzene rings is 1. The number of aromatic nitrogens is 1. The van der Waals surface area contributed by atoms with E-state index >= 15 is 0 Å². The average molecular weight is 410 g/mol. The van der Waals surface area contributed by atoms with Gasteiger partial charge in [-0.1, -0.05) is 5.16 Å². The second kappa shape index (κ2) is 7.99. The van der Waals surface area contributed by atoms with E-state index in [9.17, 15) is 9.59 Å². The Kier molecular flexibility index (Phi) is 6.00. The summed E-state index contributed by atoms with van der Waals surface area (Å²) < 4.78 is 10.5. The third-order valence-electron chi connectivity index (χ3n) is 2.95. The van der Waals surface area contributed by atoms with Crippen molar-refractivity contribution in [2.24, 2.45) is 0 Å². The number of ether oxygens (including phenoxy) is 1. The number of thiocyanates is 1. The van der Waals surface area contributed by atoms with Gasteiger partial charge in [0.05, 0.1) is 11.4 Å². The minimum absolute atomic E-state index is 0.224. The molecule has 0 saturated carbocycles. The van der Waals surface area contributed by atoms with Crippen LogP contribution in [0.15, 0.2) is 32.1 Å². The fourth-order valence-electron chi connectivity index (χ4n) is 1.88. The lowest BCUT2D eigenvalue weighted by Crippen LogP contribution is -2.21. The topological polar surface area (TPSA) is 105 Å². The molecule has 7 nitrogen and oxygen atoms in total. The van der Waals surface area contributed by atoms with Crippen molar-refractivity contribution < 1.29 is 18.8 Å². The highest BCUT2D eigenvalue weighted by Gasteiger charge is 2.20. The van der Waals surface area contributed by atoms with Gasteiger partial charge in [0.1, 0.15) is 16.7 Å². The van der Waals surface area contributed by atoms with Gasteiger partial charge in [-0.05, 0) is 59.7 Å². The summed E-state index contributed by atoms with van der Waals surface area (Å²) >= 11 is 4.32. The fraction of sp³-hybridized carbons (Fsp3) is 0.200. The van der Waals surface area contributed by atoms with Gasteiger partial charge in [-0.3, -0.25) is 4.79 Å². The second-order valence-corrected chi connectivity index (χ2v) is 6.37. The van der Waals surface area contributed by atoms with Crippen molar-refractivity contribution >= 4 is 45.3 Å². The number of nitrogens with one attached hydrogen (secondary N) is 1. The maximum absolute atomic E-state index is 11.9. The summed E-state index contributed by atoms with van der Waals surface area (Å²) in [5.74, 6) is -0.816. The van der Waals surface area contributed by atoms with Crippen LogP contribution in [0, 0.1) is 24.5 Å². The van der Waals surface area contributed by atoms with Crippen LogP contribution in [0.25, 0.3) is 0 Å². The molecule has 1 N–H and O–H groups in total. The molecule has 0 saturated heterocycles. The van der Waals surface area contributed by atoms with Crippen molar-refractivity contribution in [2.75, 3.05) is 11.9 Å². The minimum Gasteiger partial charge on any atom is -0.452 e. The van der Waals surface area contributed by atoms with Gasteiger partial charge >= 0.3 is 5.97 Å². The van der Waals surface area contributed by atoms with Gasteiger partial charge in [0, 0.05) is 9.37 Å². The molecule has 0 bridgehead atoms. The number of hydrogen-bond acceptors (Lipinski definition) is 7. The number of esters is 1. The van der Waals surface area contributed by atoms with Crippen LogP contribution in [0.4, 0.5) is 5.69 Å². The molecule has 0 aliphatic rings. The summed E-state index contributed by atoms with van der Waals surface area (Å²) in [7, 11) is 0. The molecule has 0 aliphatic heterocycles. The molecule has 0 aliphatic carbocycles. The first-order valence-electron chi connectivity index (χ1n) is 6.67. The van der Waals surface area contributed by atoms with Crippen LogP contribution in [0.1, 0.15) is 21.8 Å². The summed E-state index contributed by atoms with van der Waals surface area (Å²) in [5.41, 5.74) is 1.14. The highest BCUT2D eigenvalue weighted by Crippen LogP contribution is 2.28. The van der Waals surface area contributed by atoms with Gasteiger partial charge < -0.3 is 14.6 Å². The normalized spacial score (nSPS) is 10.1. The van der Waals surface area contributed by atoms with E-state index in [4.69, 9.17) is 14.5 Å². The highest BCUT2D eigenvalue weighted by atomic mass is 79.9. The van der Waals surface area contributed by atoms with E-state index < -0.39 is 18.5 Å². The monoisotopic (exact) mass is 409 g/mol. The molecule has 2 aromatic rings. The van der Waals surface area contributed by atoms with Crippen molar-refractivity contribution in [3.05, 3.63) is 39.7 Å². The number of halogens is 1. The Hall–Kier alpha value is -2.31. The molecule has 1 aromatic carbocycles. The Morgan fingerprint density at radius 1 is 1.46 bits per heavy atom. The standard InChI is InChI=1S/C15H12BrN3O4S/c1-8-14(9(2)23-19-8)15(21)22-6-13(20)18-12-4-3-10(24-7-17)5-11(12)16/h3-5H,6H2,1-2H3,(H,18,20). The first kappa shape index (κ1) is 18.0. The zero-order valence-corrected chi connectivity index (χ0v) is 15.2. The number of anilines is 1. The lowest BCUT2D eigenvalue weighted by molar-refractivity contribution is -0.119. The zero-order chi connectivity index (χ0) is 17.7. The van der Waals surface area contributed by atoms with E-state index in [2.05, 4.69) is 26.4 Å². The van der Waals surface area contributed by atoms with Crippen molar-refractivity contribution in [2.45, 2.75) is 18.7 Å². The number of nitriles is 1. The van der Waals surface area contributed by atoms with Crippen LogP contribution in [0.2, 0.25) is 0 Å². The summed E-state index contributed by atoms with van der Waals surface area (Å²) in [6.07, 6.45) is 0. The molecule has 0 spiro atoms. The smallest absolute Gasteiger partial charge is 0.344 e. The Morgan fingerprint density at radius 3 is 2.79 bits per heavy atom. The van der Waals surface area contributed by atoms with Crippen molar-refractivity contribution in [3.63, 3.8) is 0 Å². The maximum atomic E-state index is 11.9. The lowest BCUT2D eigenvalue weighted by Gasteiger charge is -2.09. The first-order chi connectivity index (χ1) is 11.4. The zero-order valence-electron chi connectivity index (χ0n) is 12.8. The maximum Gasteiger partial charge on any atom is 0.344 e. The number of nitrogens with zero attached hydrogens (tertiary/aromatic N) is 2. The third-order valence-corrected chi connectivity index (χ3v) is 4.19. The molecular formula is C15H12BrN3O4S. The first-order valence-corrected chi connectivity index (χ1v) is 8.28. The molecule has 0 unspecified atom stereocenters. The van der Waals surface area contributed by atoms with Crippen LogP contribution in [0.5, 0.6) is 0 Å². The highest BCUT2D eigenvalue weighted by molar-refractivity contribution is 9.10. The molecule has 24 heavy (non-hydrogen) atoms. The van der Waals surface area contributed by atoms with Gasteiger partial charge in [-0.15, -0.1) is 0 Å². The predicted molar refractivity (Wildman–Crippen MR) is 90.5 cm³/mol. The molecular weight excluding hydrogens is 398 g/mol. The molecule has 9 heteroatoms. The number of amides is 1. The SMILES string of the molecule is Cc1noc(C)c1C(=O)OCC(=O)Nc1ccc(SC#N)cc1Br. The van der Waals surface area contributed by atoms with E-state index in [0.29, 0.717) is 21.6 Å². The molecule has 1 heterocycles. The third kappa shape index (κ3) is 4.37. The summed E-state index contributed by atoms with van der Waals surface area (Å²) in [4.78, 5) is 24.6. The minimum atomic E-state index is -0.666. The van der Waals surface area contributed by atoms with Gasteiger partial charge in [-0.2, -0.15) is 5.26 Å². The van der Waals surface area contributed by atoms with Gasteiger partial charge in [0.25, 0.3) is 5.91 Å². The largest absolute Gasteiger partial charge is 0.452 e. The van der Waals surface area contributed by atoms with E-state index in [1.165, 1.54) is 0 Å². The van der Waals surface area contributed by atoms with Crippen molar-refractivity contribution in [3.8, 4) is 5.40 Å². The van der Waals surface area contributed by atoms with Gasteiger partial charge in [-0.25, -0.2) is 4.79 Å². The van der Waals surface area contributed by atoms with Crippen LogP contribution in [-0.2, 0) is 9.53 Å². The number of hydrogen-bond donors (Lipinski definition) is 1. The number of aryl methyl sites for hydroxylation is 2. The molecule has 1 amide bonds. The molecule has 2 rings (SSSR count). The van der Waals surface area contributed by atoms with Crippen LogP contribution >= 0.6 is 27.7 Å². The number of carbonyl (C=O) groups excluding carboxylic acids is 2. The predicted octanol–water partition coefficient (Wildman–Crippen LogP) is 3.42. The Morgan fingerprint density at radius 2 is 2.21 bits per heavy atom.